The number of hydrogen-bond acceptors (Lipinski definition) is 4. The van der Waals surface area contributed by atoms with Crippen molar-refractivity contribution in [3.8, 4) is 5.75 Å². The number of ether oxygens (including phenoxy) is 1. The van der Waals surface area contributed by atoms with Crippen molar-refractivity contribution in [1.82, 2.24) is 15.5 Å². The standard InChI is InChI=1S/C19H23N3O4/c1-12(17(24)20-13-6-7-13)22-11-10-19(9-8-16(22)23)21-18(25)14-4-2-3-5-15(14)26-19/h2-5,12-13H,6-11H2,1H3,(H,20,24)(H,21,25)/t12-,19-/m1/s1. The molecule has 0 radical (unpaired) electrons. The summed E-state index contributed by atoms with van der Waals surface area (Å²) in [6, 6.07) is 6.84. The highest BCUT2D eigenvalue weighted by Crippen LogP contribution is 2.34. The zero-order chi connectivity index (χ0) is 18.3. The average molecular weight is 357 g/mol. The average Bonchev–Trinajstić information content (AvgIpc) is 3.44. The number of nitrogens with one attached hydrogen (secondary N) is 2. The third-order valence-corrected chi connectivity index (χ3v) is 5.37. The monoisotopic (exact) mass is 357 g/mol. The van der Waals surface area contributed by atoms with E-state index in [-0.39, 0.29) is 30.2 Å². The third-order valence-electron chi connectivity index (χ3n) is 5.37. The van der Waals surface area contributed by atoms with Gasteiger partial charge in [0.15, 0.2) is 5.72 Å². The fourth-order valence-electron chi connectivity index (χ4n) is 3.58. The van der Waals surface area contributed by atoms with E-state index in [4.69, 9.17) is 4.74 Å². The number of fused-ring (bicyclic) bond motifs is 1. The van der Waals surface area contributed by atoms with Crippen LogP contribution in [0, 0.1) is 0 Å². The Morgan fingerprint density at radius 3 is 2.85 bits per heavy atom. The molecule has 1 aliphatic carbocycles. The van der Waals surface area contributed by atoms with Gasteiger partial charge in [-0.2, -0.15) is 0 Å². The van der Waals surface area contributed by atoms with E-state index in [1.807, 2.05) is 6.07 Å². The van der Waals surface area contributed by atoms with E-state index < -0.39 is 11.8 Å². The van der Waals surface area contributed by atoms with Crippen LogP contribution in [-0.4, -0.2) is 47.0 Å². The highest BCUT2D eigenvalue weighted by atomic mass is 16.5. The first-order chi connectivity index (χ1) is 12.5. The summed E-state index contributed by atoms with van der Waals surface area (Å²) in [5, 5.41) is 5.89. The van der Waals surface area contributed by atoms with Crippen molar-refractivity contribution in [3.63, 3.8) is 0 Å². The smallest absolute Gasteiger partial charge is 0.258 e. The minimum atomic E-state index is -0.900. The maximum absolute atomic E-state index is 12.6. The van der Waals surface area contributed by atoms with Crippen molar-refractivity contribution in [2.24, 2.45) is 0 Å². The molecule has 1 spiro atoms. The Morgan fingerprint density at radius 2 is 2.08 bits per heavy atom. The van der Waals surface area contributed by atoms with E-state index in [9.17, 15) is 14.4 Å². The molecule has 26 heavy (non-hydrogen) atoms. The van der Waals surface area contributed by atoms with Crippen LogP contribution >= 0.6 is 0 Å². The molecule has 3 amide bonds. The first kappa shape index (κ1) is 16.9. The van der Waals surface area contributed by atoms with Crippen LogP contribution in [0.1, 0.15) is 49.4 Å². The van der Waals surface area contributed by atoms with Crippen LogP contribution < -0.4 is 15.4 Å². The van der Waals surface area contributed by atoms with Gasteiger partial charge in [-0.15, -0.1) is 0 Å². The normalized spacial score (nSPS) is 26.4. The van der Waals surface area contributed by atoms with Crippen LogP contribution in [0.25, 0.3) is 0 Å². The van der Waals surface area contributed by atoms with Gasteiger partial charge in [0.2, 0.25) is 11.8 Å². The Morgan fingerprint density at radius 1 is 1.31 bits per heavy atom. The maximum Gasteiger partial charge on any atom is 0.258 e. The van der Waals surface area contributed by atoms with Crippen LogP contribution in [0.3, 0.4) is 0 Å². The van der Waals surface area contributed by atoms with Crippen molar-refractivity contribution in [2.75, 3.05) is 6.54 Å². The van der Waals surface area contributed by atoms with Gasteiger partial charge in [-0.25, -0.2) is 0 Å². The zero-order valence-electron chi connectivity index (χ0n) is 14.8. The highest BCUT2D eigenvalue weighted by Gasteiger charge is 2.44. The zero-order valence-corrected chi connectivity index (χ0v) is 14.8. The van der Waals surface area contributed by atoms with E-state index >= 15 is 0 Å². The molecule has 138 valence electrons. The molecule has 0 aromatic heterocycles. The Hall–Kier alpha value is -2.57. The van der Waals surface area contributed by atoms with Gasteiger partial charge < -0.3 is 20.3 Å². The molecular weight excluding hydrogens is 334 g/mol. The van der Waals surface area contributed by atoms with E-state index in [2.05, 4.69) is 10.6 Å². The molecule has 2 fully saturated rings. The van der Waals surface area contributed by atoms with Crippen LogP contribution in [0.4, 0.5) is 0 Å². The predicted octanol–water partition coefficient (Wildman–Crippen LogP) is 1.18. The number of rotatable bonds is 3. The minimum Gasteiger partial charge on any atom is -0.467 e. The lowest BCUT2D eigenvalue weighted by Gasteiger charge is -2.38. The highest BCUT2D eigenvalue weighted by molar-refractivity contribution is 5.98. The van der Waals surface area contributed by atoms with Gasteiger partial charge in [0.25, 0.3) is 5.91 Å². The molecule has 1 aromatic rings. The Bertz CT molecular complexity index is 761. The molecular formula is C19H23N3O4. The van der Waals surface area contributed by atoms with E-state index in [0.717, 1.165) is 12.8 Å². The molecule has 1 saturated carbocycles. The molecule has 0 bridgehead atoms. The second-order valence-electron chi connectivity index (χ2n) is 7.34. The number of amides is 3. The topological polar surface area (TPSA) is 87.7 Å². The van der Waals surface area contributed by atoms with Gasteiger partial charge in [0, 0.05) is 31.8 Å². The summed E-state index contributed by atoms with van der Waals surface area (Å²) in [7, 11) is 0. The molecule has 2 aliphatic heterocycles. The first-order valence-electron chi connectivity index (χ1n) is 9.18. The SMILES string of the molecule is C[C@H](C(=O)NC1CC1)N1CC[C@]2(CCC1=O)NC(=O)c1ccccc1O2. The number of nitrogens with zero attached hydrogens (tertiary/aromatic N) is 1. The molecule has 2 heterocycles. The van der Waals surface area contributed by atoms with Crippen molar-refractivity contribution in [3.05, 3.63) is 29.8 Å². The third kappa shape index (κ3) is 3.13. The summed E-state index contributed by atoms with van der Waals surface area (Å²) >= 11 is 0. The molecule has 7 heteroatoms. The van der Waals surface area contributed by atoms with Crippen molar-refractivity contribution >= 4 is 17.7 Å². The fourth-order valence-corrected chi connectivity index (χ4v) is 3.58. The Labute approximate surface area is 152 Å². The molecule has 0 unspecified atom stereocenters. The van der Waals surface area contributed by atoms with Crippen LogP contribution in [0.15, 0.2) is 24.3 Å². The van der Waals surface area contributed by atoms with Crippen LogP contribution in [0.2, 0.25) is 0 Å². The lowest BCUT2D eigenvalue weighted by atomic mass is 10.0. The quantitative estimate of drug-likeness (QED) is 0.850. The van der Waals surface area contributed by atoms with Gasteiger partial charge in [-0.05, 0) is 31.9 Å². The van der Waals surface area contributed by atoms with E-state index in [1.54, 1.807) is 30.0 Å². The van der Waals surface area contributed by atoms with Crippen LogP contribution in [-0.2, 0) is 9.59 Å². The number of carbonyl (C=O) groups is 3. The number of hydrogen-bond donors (Lipinski definition) is 2. The van der Waals surface area contributed by atoms with E-state index in [0.29, 0.717) is 30.7 Å². The molecule has 1 saturated heterocycles. The van der Waals surface area contributed by atoms with Gasteiger partial charge in [-0.3, -0.25) is 14.4 Å². The van der Waals surface area contributed by atoms with Crippen LogP contribution in [0.5, 0.6) is 5.75 Å². The minimum absolute atomic E-state index is 0.0861. The molecule has 1 aromatic carbocycles. The molecule has 4 rings (SSSR count). The van der Waals surface area contributed by atoms with Gasteiger partial charge >= 0.3 is 0 Å². The lowest BCUT2D eigenvalue weighted by Crippen LogP contribution is -2.56. The first-order valence-corrected chi connectivity index (χ1v) is 9.18. The van der Waals surface area contributed by atoms with Gasteiger partial charge in [0.1, 0.15) is 11.8 Å². The van der Waals surface area contributed by atoms with Gasteiger partial charge in [-0.1, -0.05) is 12.1 Å². The maximum atomic E-state index is 12.6. The van der Waals surface area contributed by atoms with Crippen molar-refractivity contribution in [2.45, 2.75) is 56.8 Å². The van der Waals surface area contributed by atoms with E-state index in [1.165, 1.54) is 0 Å². The molecule has 3 aliphatic rings. The summed E-state index contributed by atoms with van der Waals surface area (Å²) in [4.78, 5) is 39.0. The number of carbonyl (C=O) groups excluding carboxylic acids is 3. The van der Waals surface area contributed by atoms with Gasteiger partial charge in [0.05, 0.1) is 5.56 Å². The Balaban J connectivity index is 1.49. The number of benzene rings is 1. The summed E-state index contributed by atoms with van der Waals surface area (Å²) in [6.07, 6.45) is 3.08. The van der Waals surface area contributed by atoms with Crippen molar-refractivity contribution < 1.29 is 19.1 Å². The number of likely N-dealkylation sites (tertiary alicyclic amines) is 1. The second kappa shape index (κ2) is 6.30. The lowest BCUT2D eigenvalue weighted by molar-refractivity contribution is -0.139. The summed E-state index contributed by atoms with van der Waals surface area (Å²) in [5.74, 6) is 0.150. The van der Waals surface area contributed by atoms with Crippen molar-refractivity contribution in [1.29, 1.82) is 0 Å². The largest absolute Gasteiger partial charge is 0.467 e. The predicted molar refractivity (Wildman–Crippen MR) is 93.5 cm³/mol. The summed E-state index contributed by atoms with van der Waals surface area (Å²) in [5.41, 5.74) is -0.398. The fraction of sp³-hybridized carbons (Fsp3) is 0.526. The second-order valence-corrected chi connectivity index (χ2v) is 7.34. The molecule has 2 N–H and O–H groups in total. The number of para-hydroxylation sites is 1. The molecule has 7 nitrogen and oxygen atoms in total. The summed E-state index contributed by atoms with van der Waals surface area (Å²) < 4.78 is 6.11. The summed E-state index contributed by atoms with van der Waals surface area (Å²) in [6.45, 7) is 2.11. The molecule has 2 atom stereocenters. The Kier molecular flexibility index (Phi) is 4.09.